The lowest BCUT2D eigenvalue weighted by atomic mass is 9.92. The fraction of sp³-hybridized carbons (Fsp3) is 0.458. The van der Waals surface area contributed by atoms with Gasteiger partial charge in [0.25, 0.3) is 0 Å². The van der Waals surface area contributed by atoms with Crippen molar-refractivity contribution in [2.45, 2.75) is 53.4 Å². The standard InChI is InChI=1S/C24H33N/c1-5-20(4)17-25-18-24(19(2)3)15-14-21-10-9-13-23(16-21)22-11-7-6-8-12-22/h6-8,11-13,15-16,18-20H,5,9-10,14,17H2,1-4H3/b24-15+,25-18?/t20-/m1/s1. The Bertz CT molecular complexity index is 644. The van der Waals surface area contributed by atoms with Crippen LogP contribution in [0.1, 0.15) is 58.9 Å². The van der Waals surface area contributed by atoms with Crippen LogP contribution in [0.4, 0.5) is 0 Å². The van der Waals surface area contributed by atoms with Gasteiger partial charge in [0.1, 0.15) is 0 Å². The van der Waals surface area contributed by atoms with Gasteiger partial charge in [-0.25, -0.2) is 0 Å². The molecule has 0 aliphatic heterocycles. The van der Waals surface area contributed by atoms with E-state index in [2.05, 4.69) is 87.5 Å². The number of allylic oxidation sites excluding steroid dienone is 6. The number of aliphatic imine (C=N–C) groups is 1. The molecule has 1 aliphatic carbocycles. The van der Waals surface area contributed by atoms with Crippen molar-refractivity contribution >= 4 is 11.8 Å². The molecule has 1 atom stereocenters. The van der Waals surface area contributed by atoms with Crippen LogP contribution in [0.15, 0.2) is 64.7 Å². The van der Waals surface area contributed by atoms with Gasteiger partial charge in [-0.05, 0) is 47.8 Å². The molecule has 0 unspecified atom stereocenters. The van der Waals surface area contributed by atoms with Gasteiger partial charge in [-0.1, -0.05) is 88.2 Å². The molecule has 0 bridgehead atoms. The van der Waals surface area contributed by atoms with E-state index in [1.807, 2.05) is 0 Å². The predicted molar refractivity (Wildman–Crippen MR) is 112 cm³/mol. The summed E-state index contributed by atoms with van der Waals surface area (Å²) in [5, 5.41) is 0. The summed E-state index contributed by atoms with van der Waals surface area (Å²) in [7, 11) is 0. The van der Waals surface area contributed by atoms with E-state index in [-0.39, 0.29) is 0 Å². The van der Waals surface area contributed by atoms with Crippen LogP contribution in [0, 0.1) is 11.8 Å². The van der Waals surface area contributed by atoms with Crippen molar-refractivity contribution in [2.24, 2.45) is 16.8 Å². The zero-order valence-corrected chi connectivity index (χ0v) is 16.3. The van der Waals surface area contributed by atoms with Crippen LogP contribution >= 0.6 is 0 Å². The van der Waals surface area contributed by atoms with E-state index in [0.29, 0.717) is 11.8 Å². The smallest absolute Gasteiger partial charge is 0.0414 e. The molecule has 25 heavy (non-hydrogen) atoms. The maximum Gasteiger partial charge on any atom is 0.0414 e. The third kappa shape index (κ3) is 6.49. The van der Waals surface area contributed by atoms with Gasteiger partial charge in [0.15, 0.2) is 0 Å². The molecule has 0 saturated heterocycles. The van der Waals surface area contributed by atoms with Crippen molar-refractivity contribution in [1.82, 2.24) is 0 Å². The molecular formula is C24H33N. The Morgan fingerprint density at radius 2 is 1.92 bits per heavy atom. The number of hydrogen-bond donors (Lipinski definition) is 0. The SMILES string of the molecule is CC[C@@H](C)CN=C/C(=C\CC1=CC(c2ccccc2)=CCC1)C(C)C. The molecule has 1 nitrogen and oxygen atoms in total. The molecule has 2 rings (SSSR count). The van der Waals surface area contributed by atoms with Crippen LogP contribution in [0.5, 0.6) is 0 Å². The van der Waals surface area contributed by atoms with Crippen LogP contribution in [0.25, 0.3) is 5.57 Å². The molecule has 0 fully saturated rings. The van der Waals surface area contributed by atoms with Crippen LogP contribution in [-0.2, 0) is 0 Å². The van der Waals surface area contributed by atoms with Gasteiger partial charge in [0.2, 0.25) is 0 Å². The molecule has 0 heterocycles. The van der Waals surface area contributed by atoms with Gasteiger partial charge >= 0.3 is 0 Å². The molecule has 134 valence electrons. The largest absolute Gasteiger partial charge is 0.293 e. The maximum absolute atomic E-state index is 4.67. The quantitative estimate of drug-likeness (QED) is 0.459. The number of rotatable bonds is 8. The molecule has 0 N–H and O–H groups in total. The van der Waals surface area contributed by atoms with E-state index < -0.39 is 0 Å². The van der Waals surface area contributed by atoms with Gasteiger partial charge in [-0.3, -0.25) is 4.99 Å². The molecule has 1 heteroatoms. The van der Waals surface area contributed by atoms with E-state index in [9.17, 15) is 0 Å². The first-order valence-electron chi connectivity index (χ1n) is 9.75. The van der Waals surface area contributed by atoms with E-state index in [1.54, 1.807) is 0 Å². The lowest BCUT2D eigenvalue weighted by Gasteiger charge is -2.14. The Labute approximate surface area is 154 Å². The van der Waals surface area contributed by atoms with Crippen molar-refractivity contribution in [3.05, 3.63) is 65.3 Å². The molecular weight excluding hydrogens is 302 g/mol. The Kier molecular flexibility index (Phi) is 7.91. The molecule has 1 aliphatic rings. The van der Waals surface area contributed by atoms with E-state index in [4.69, 9.17) is 0 Å². The first kappa shape index (κ1) is 19.4. The monoisotopic (exact) mass is 335 g/mol. The molecule has 1 aromatic carbocycles. The number of hydrogen-bond acceptors (Lipinski definition) is 1. The van der Waals surface area contributed by atoms with Crippen LogP contribution in [0.2, 0.25) is 0 Å². The highest BCUT2D eigenvalue weighted by molar-refractivity contribution is 5.79. The highest BCUT2D eigenvalue weighted by Crippen LogP contribution is 2.27. The Morgan fingerprint density at radius 3 is 2.60 bits per heavy atom. The summed E-state index contributed by atoms with van der Waals surface area (Å²) < 4.78 is 0. The highest BCUT2D eigenvalue weighted by atomic mass is 14.7. The van der Waals surface area contributed by atoms with Crippen LogP contribution < -0.4 is 0 Å². The summed E-state index contributed by atoms with van der Waals surface area (Å²) in [5.74, 6) is 1.19. The maximum atomic E-state index is 4.67. The zero-order valence-electron chi connectivity index (χ0n) is 16.3. The topological polar surface area (TPSA) is 12.4 Å². The predicted octanol–water partition coefficient (Wildman–Crippen LogP) is 6.88. The second-order valence-corrected chi connectivity index (χ2v) is 7.44. The zero-order chi connectivity index (χ0) is 18.1. The third-order valence-corrected chi connectivity index (χ3v) is 4.92. The minimum atomic E-state index is 0.522. The normalized spacial score (nSPS) is 16.9. The summed E-state index contributed by atoms with van der Waals surface area (Å²) >= 11 is 0. The molecule has 0 amide bonds. The fourth-order valence-electron chi connectivity index (χ4n) is 2.91. The molecule has 0 saturated carbocycles. The van der Waals surface area contributed by atoms with Gasteiger partial charge in [0, 0.05) is 12.8 Å². The van der Waals surface area contributed by atoms with Crippen molar-refractivity contribution in [3.63, 3.8) is 0 Å². The van der Waals surface area contributed by atoms with Crippen molar-refractivity contribution < 1.29 is 0 Å². The summed E-state index contributed by atoms with van der Waals surface area (Å²) in [4.78, 5) is 4.67. The van der Waals surface area contributed by atoms with Crippen LogP contribution in [-0.4, -0.2) is 12.8 Å². The minimum absolute atomic E-state index is 0.522. The van der Waals surface area contributed by atoms with E-state index in [1.165, 1.54) is 35.1 Å². The summed E-state index contributed by atoms with van der Waals surface area (Å²) in [6.07, 6.45) is 13.8. The van der Waals surface area contributed by atoms with Crippen molar-refractivity contribution in [3.8, 4) is 0 Å². The van der Waals surface area contributed by atoms with Gasteiger partial charge in [0.05, 0.1) is 0 Å². The second-order valence-electron chi connectivity index (χ2n) is 7.44. The highest BCUT2D eigenvalue weighted by Gasteiger charge is 2.08. The summed E-state index contributed by atoms with van der Waals surface area (Å²) in [5.41, 5.74) is 5.57. The Hall–Kier alpha value is -1.89. The van der Waals surface area contributed by atoms with Crippen molar-refractivity contribution in [2.75, 3.05) is 6.54 Å². The van der Waals surface area contributed by atoms with E-state index in [0.717, 1.165) is 19.4 Å². The van der Waals surface area contributed by atoms with E-state index >= 15 is 0 Å². The summed E-state index contributed by atoms with van der Waals surface area (Å²) in [6, 6.07) is 10.7. The molecule has 1 aromatic rings. The average molecular weight is 336 g/mol. The van der Waals surface area contributed by atoms with Crippen molar-refractivity contribution in [1.29, 1.82) is 0 Å². The molecule has 0 aromatic heterocycles. The number of nitrogens with zero attached hydrogens (tertiary/aromatic N) is 1. The van der Waals surface area contributed by atoms with Gasteiger partial charge < -0.3 is 0 Å². The fourth-order valence-corrected chi connectivity index (χ4v) is 2.91. The first-order chi connectivity index (χ1) is 12.1. The Balaban J connectivity index is 2.04. The lowest BCUT2D eigenvalue weighted by molar-refractivity contribution is 0.577. The third-order valence-electron chi connectivity index (χ3n) is 4.92. The summed E-state index contributed by atoms with van der Waals surface area (Å²) in [6.45, 7) is 9.94. The van der Waals surface area contributed by atoms with Gasteiger partial charge in [-0.15, -0.1) is 0 Å². The van der Waals surface area contributed by atoms with Crippen LogP contribution in [0.3, 0.4) is 0 Å². The minimum Gasteiger partial charge on any atom is -0.293 e. The second kappa shape index (κ2) is 10.2. The first-order valence-corrected chi connectivity index (χ1v) is 9.75. The van der Waals surface area contributed by atoms with Gasteiger partial charge in [-0.2, -0.15) is 0 Å². The number of benzene rings is 1. The molecule has 0 radical (unpaired) electrons. The average Bonchev–Trinajstić information content (AvgIpc) is 2.65. The Morgan fingerprint density at radius 1 is 1.16 bits per heavy atom. The lowest BCUT2D eigenvalue weighted by Crippen LogP contribution is -2.01. The molecule has 0 spiro atoms.